The van der Waals surface area contributed by atoms with Crippen LogP contribution in [-0.2, 0) is 0 Å². The Kier molecular flexibility index (Phi) is 3.95. The topological polar surface area (TPSA) is 52.2 Å². The number of aromatic nitrogens is 2. The van der Waals surface area contributed by atoms with Crippen molar-refractivity contribution in [3.8, 4) is 0 Å². The summed E-state index contributed by atoms with van der Waals surface area (Å²) in [5.74, 6) is 2.72. The summed E-state index contributed by atoms with van der Waals surface area (Å²) in [5, 5.41) is 6.01. The molecule has 26 heavy (non-hydrogen) atoms. The third kappa shape index (κ3) is 2.63. The van der Waals surface area contributed by atoms with E-state index in [0.717, 1.165) is 47.7 Å². The van der Waals surface area contributed by atoms with Crippen molar-refractivity contribution in [1.29, 1.82) is 0 Å². The number of anilines is 1. The Balaban J connectivity index is 1.70. The van der Waals surface area contributed by atoms with Gasteiger partial charge in [-0.1, -0.05) is 13.8 Å². The Morgan fingerprint density at radius 2 is 2.12 bits per heavy atom. The molecule has 4 heterocycles. The molecule has 7 heteroatoms. The molecule has 1 N–H and O–H groups in total. The molecule has 3 aliphatic rings. The number of thiophene rings is 1. The number of nitrogens with zero attached hydrogens (tertiary/aromatic N) is 3. The van der Waals surface area contributed by atoms with E-state index in [9.17, 15) is 4.79 Å². The highest BCUT2D eigenvalue weighted by atomic mass is 32.2. The Bertz CT molecular complexity index is 939. The molecule has 0 aromatic carbocycles. The Hall–Kier alpha value is -1.31. The fourth-order valence-corrected chi connectivity index (χ4v) is 6.59. The molecule has 5 nitrogen and oxygen atoms in total. The lowest BCUT2D eigenvalue weighted by Gasteiger charge is -2.44. The maximum Gasteiger partial charge on any atom is 0.268 e. The van der Waals surface area contributed by atoms with Crippen LogP contribution in [-0.4, -0.2) is 39.6 Å². The zero-order chi connectivity index (χ0) is 17.9. The molecule has 1 aliphatic carbocycles. The minimum atomic E-state index is -0.0137. The van der Waals surface area contributed by atoms with Crippen LogP contribution < -0.4 is 10.6 Å². The summed E-state index contributed by atoms with van der Waals surface area (Å²) in [6, 6.07) is 0. The Morgan fingerprint density at radius 1 is 1.31 bits per heavy atom. The van der Waals surface area contributed by atoms with E-state index in [1.165, 1.54) is 22.6 Å². The molecule has 0 amide bonds. The van der Waals surface area contributed by atoms with E-state index in [4.69, 9.17) is 0 Å². The van der Waals surface area contributed by atoms with Gasteiger partial charge in [0, 0.05) is 42.3 Å². The second-order valence-electron chi connectivity index (χ2n) is 8.27. The van der Waals surface area contributed by atoms with E-state index in [0.29, 0.717) is 11.3 Å². The third-order valence-corrected chi connectivity index (χ3v) is 8.05. The van der Waals surface area contributed by atoms with E-state index in [2.05, 4.69) is 40.0 Å². The van der Waals surface area contributed by atoms with Crippen molar-refractivity contribution >= 4 is 38.3 Å². The summed E-state index contributed by atoms with van der Waals surface area (Å²) in [4.78, 5) is 19.8. The lowest BCUT2D eigenvalue weighted by Crippen LogP contribution is -2.46. The molecule has 2 aromatic rings. The van der Waals surface area contributed by atoms with Crippen molar-refractivity contribution in [2.45, 2.75) is 39.0 Å². The predicted octanol–water partition coefficient (Wildman–Crippen LogP) is 3.95. The van der Waals surface area contributed by atoms with Crippen molar-refractivity contribution in [3.63, 3.8) is 0 Å². The maximum atomic E-state index is 12.4. The van der Waals surface area contributed by atoms with E-state index in [1.807, 2.05) is 11.8 Å². The van der Waals surface area contributed by atoms with Crippen LogP contribution in [0, 0.1) is 5.41 Å². The summed E-state index contributed by atoms with van der Waals surface area (Å²) in [5.41, 5.74) is 4.04. The van der Waals surface area contributed by atoms with Crippen molar-refractivity contribution in [2.75, 3.05) is 29.6 Å². The van der Waals surface area contributed by atoms with Gasteiger partial charge in [-0.2, -0.15) is 11.8 Å². The number of allylic oxidation sites excluding steroid dienone is 1. The average molecular weight is 389 g/mol. The van der Waals surface area contributed by atoms with Gasteiger partial charge in [0.2, 0.25) is 0 Å². The summed E-state index contributed by atoms with van der Waals surface area (Å²) in [6.07, 6.45) is 7.43. The number of hydrogen-bond acceptors (Lipinski definition) is 6. The molecule has 1 saturated carbocycles. The van der Waals surface area contributed by atoms with E-state index in [-0.39, 0.29) is 5.56 Å². The zero-order valence-corrected chi connectivity index (χ0v) is 16.9. The van der Waals surface area contributed by atoms with E-state index >= 15 is 0 Å². The van der Waals surface area contributed by atoms with Gasteiger partial charge < -0.3 is 4.98 Å². The van der Waals surface area contributed by atoms with Crippen LogP contribution in [0.25, 0.3) is 10.2 Å². The normalized spacial score (nSPS) is 25.7. The summed E-state index contributed by atoms with van der Waals surface area (Å²) in [7, 11) is 0. The van der Waals surface area contributed by atoms with Crippen molar-refractivity contribution < 1.29 is 0 Å². The first-order chi connectivity index (χ1) is 12.5. The summed E-state index contributed by atoms with van der Waals surface area (Å²) >= 11 is 3.63. The first-order valence-electron chi connectivity index (χ1n) is 9.36. The van der Waals surface area contributed by atoms with E-state index < -0.39 is 0 Å². The van der Waals surface area contributed by atoms with Gasteiger partial charge in [0.15, 0.2) is 0 Å². The number of hydrazine groups is 1. The van der Waals surface area contributed by atoms with Crippen LogP contribution in [0.2, 0.25) is 0 Å². The molecule has 1 saturated heterocycles. The molecule has 0 spiro atoms. The van der Waals surface area contributed by atoms with Gasteiger partial charge in [0.1, 0.15) is 9.70 Å². The average Bonchev–Trinajstić information content (AvgIpc) is 3.03. The molecule has 1 atom stereocenters. The predicted molar refractivity (Wildman–Crippen MR) is 110 cm³/mol. The number of H-pyrrole nitrogens is 1. The van der Waals surface area contributed by atoms with Crippen LogP contribution in [0.1, 0.15) is 44.6 Å². The van der Waals surface area contributed by atoms with Crippen LogP contribution in [0.4, 0.5) is 5.00 Å². The van der Waals surface area contributed by atoms with Crippen LogP contribution >= 0.6 is 23.1 Å². The first kappa shape index (κ1) is 16.8. The monoisotopic (exact) mass is 388 g/mol. The molecule has 1 unspecified atom stereocenters. The zero-order valence-electron chi connectivity index (χ0n) is 15.2. The SMILES string of the molecule is CC1(C)CCC2=CN(N3CCSCC3)c3sc4c(=O)[nH]cnc4c3C2C1. The standard InChI is InChI=1S/C19H24N4OS2/c1-19(2)4-3-12-10-23(22-5-7-25-8-6-22)18-14(13(12)9-19)15-16(26-18)17(24)21-11-20-15/h10-11,13H,3-9H2,1-2H3,(H,20,21,24). The molecular formula is C19H24N4OS2. The number of thioether (sulfide) groups is 1. The maximum absolute atomic E-state index is 12.4. The Morgan fingerprint density at radius 3 is 2.92 bits per heavy atom. The lowest BCUT2D eigenvalue weighted by molar-refractivity contribution is 0.249. The highest BCUT2D eigenvalue weighted by molar-refractivity contribution is 7.99. The number of aromatic amines is 1. The molecule has 138 valence electrons. The smallest absolute Gasteiger partial charge is 0.268 e. The van der Waals surface area contributed by atoms with Gasteiger partial charge in [-0.3, -0.25) is 9.80 Å². The van der Waals surface area contributed by atoms with E-state index in [1.54, 1.807) is 17.7 Å². The lowest BCUT2D eigenvalue weighted by atomic mass is 9.67. The van der Waals surface area contributed by atoms with Crippen molar-refractivity contribution in [3.05, 3.63) is 34.0 Å². The van der Waals surface area contributed by atoms with Crippen molar-refractivity contribution in [2.24, 2.45) is 5.41 Å². The Labute approximate surface area is 161 Å². The van der Waals surface area contributed by atoms with Gasteiger partial charge in [-0.15, -0.1) is 11.3 Å². The van der Waals surface area contributed by atoms with Gasteiger partial charge in [0.05, 0.1) is 11.8 Å². The van der Waals surface area contributed by atoms with Crippen LogP contribution in [0.3, 0.4) is 0 Å². The molecule has 2 aliphatic heterocycles. The minimum Gasteiger partial charge on any atom is -0.312 e. The number of fused-ring (bicyclic) bond motifs is 5. The van der Waals surface area contributed by atoms with Gasteiger partial charge >= 0.3 is 0 Å². The van der Waals surface area contributed by atoms with Gasteiger partial charge in [-0.25, -0.2) is 9.99 Å². The molecule has 2 fully saturated rings. The first-order valence-corrected chi connectivity index (χ1v) is 11.3. The van der Waals surface area contributed by atoms with Gasteiger partial charge in [-0.05, 0) is 30.3 Å². The number of rotatable bonds is 1. The van der Waals surface area contributed by atoms with Crippen LogP contribution in [0.15, 0.2) is 22.9 Å². The summed E-state index contributed by atoms with van der Waals surface area (Å²) < 4.78 is 0.770. The summed E-state index contributed by atoms with van der Waals surface area (Å²) in [6.45, 7) is 6.85. The minimum absolute atomic E-state index is 0.0137. The third-order valence-electron chi connectivity index (χ3n) is 5.93. The highest BCUT2D eigenvalue weighted by Gasteiger charge is 2.40. The van der Waals surface area contributed by atoms with Crippen LogP contribution in [0.5, 0.6) is 0 Å². The molecule has 0 bridgehead atoms. The molecule has 2 aromatic heterocycles. The second kappa shape index (κ2) is 6.11. The largest absolute Gasteiger partial charge is 0.312 e. The highest BCUT2D eigenvalue weighted by Crippen LogP contribution is 2.55. The molecular weight excluding hydrogens is 364 g/mol. The van der Waals surface area contributed by atoms with Gasteiger partial charge in [0.25, 0.3) is 5.56 Å². The molecule has 0 radical (unpaired) electrons. The molecule has 5 rings (SSSR count). The quantitative estimate of drug-likeness (QED) is 0.802. The number of hydrogen-bond donors (Lipinski definition) is 1. The number of nitrogens with one attached hydrogen (secondary N) is 1. The van der Waals surface area contributed by atoms with Crippen molar-refractivity contribution in [1.82, 2.24) is 15.0 Å². The second-order valence-corrected chi connectivity index (χ2v) is 10.5. The fourth-order valence-electron chi connectivity index (χ4n) is 4.49. The fraction of sp³-hybridized carbons (Fsp3) is 0.579.